The highest BCUT2D eigenvalue weighted by Crippen LogP contribution is 2.21. The van der Waals surface area contributed by atoms with E-state index in [0.717, 1.165) is 12.1 Å². The standard InChI is InChI=1S/C14H13F3N2O/c1-7-5-12(20)9(8(2)18)6-19(7)11-4-3-10(15)13(16)14(11)17/h3-6,8H,18H2,1-2H3. The topological polar surface area (TPSA) is 48.0 Å². The Morgan fingerprint density at radius 3 is 2.45 bits per heavy atom. The normalized spacial score (nSPS) is 12.5. The summed E-state index contributed by atoms with van der Waals surface area (Å²) in [7, 11) is 0. The Morgan fingerprint density at radius 1 is 1.20 bits per heavy atom. The highest BCUT2D eigenvalue weighted by molar-refractivity contribution is 5.38. The van der Waals surface area contributed by atoms with E-state index in [1.54, 1.807) is 13.8 Å². The molecular weight excluding hydrogens is 269 g/mol. The molecule has 1 aromatic carbocycles. The molecule has 1 unspecified atom stereocenters. The number of aryl methyl sites for hydroxylation is 1. The van der Waals surface area contributed by atoms with Crippen molar-refractivity contribution in [2.24, 2.45) is 5.73 Å². The molecule has 0 saturated carbocycles. The molecule has 1 aromatic heterocycles. The van der Waals surface area contributed by atoms with Crippen LogP contribution in [0.2, 0.25) is 0 Å². The van der Waals surface area contributed by atoms with Gasteiger partial charge in [0.25, 0.3) is 0 Å². The molecule has 106 valence electrons. The summed E-state index contributed by atoms with van der Waals surface area (Å²) in [6.07, 6.45) is 1.35. The van der Waals surface area contributed by atoms with Gasteiger partial charge in [0, 0.05) is 29.6 Å². The second-order valence-corrected chi connectivity index (χ2v) is 4.59. The zero-order valence-electron chi connectivity index (χ0n) is 11.0. The minimum Gasteiger partial charge on any atom is -0.324 e. The lowest BCUT2D eigenvalue weighted by molar-refractivity contribution is 0.444. The van der Waals surface area contributed by atoms with Gasteiger partial charge >= 0.3 is 0 Å². The SMILES string of the molecule is Cc1cc(=O)c(C(C)N)cn1-c1ccc(F)c(F)c1F. The lowest BCUT2D eigenvalue weighted by Crippen LogP contribution is -2.20. The molecular formula is C14H13F3N2O. The monoisotopic (exact) mass is 282 g/mol. The first-order valence-corrected chi connectivity index (χ1v) is 5.95. The van der Waals surface area contributed by atoms with Crippen LogP contribution >= 0.6 is 0 Å². The Balaban J connectivity index is 2.73. The minimum atomic E-state index is -1.55. The van der Waals surface area contributed by atoms with Crippen molar-refractivity contribution in [1.82, 2.24) is 4.57 Å². The van der Waals surface area contributed by atoms with Gasteiger partial charge in [-0.1, -0.05) is 0 Å². The highest BCUT2D eigenvalue weighted by Gasteiger charge is 2.16. The Bertz CT molecular complexity index is 723. The fourth-order valence-corrected chi connectivity index (χ4v) is 1.95. The third kappa shape index (κ3) is 2.34. The molecule has 2 N–H and O–H groups in total. The van der Waals surface area contributed by atoms with E-state index in [2.05, 4.69) is 0 Å². The number of benzene rings is 1. The molecule has 2 rings (SSSR count). The number of halogens is 3. The lowest BCUT2D eigenvalue weighted by atomic mass is 10.1. The zero-order chi connectivity index (χ0) is 15.0. The first kappa shape index (κ1) is 14.3. The molecule has 20 heavy (non-hydrogen) atoms. The van der Waals surface area contributed by atoms with Gasteiger partial charge in [0.05, 0.1) is 5.69 Å². The Labute approximate surface area is 113 Å². The number of aromatic nitrogens is 1. The fraction of sp³-hybridized carbons (Fsp3) is 0.214. The van der Waals surface area contributed by atoms with Crippen molar-refractivity contribution in [3.8, 4) is 5.69 Å². The second kappa shape index (κ2) is 5.13. The predicted octanol–water partition coefficient (Wildman–Crippen LogP) is 2.58. The largest absolute Gasteiger partial charge is 0.324 e. The van der Waals surface area contributed by atoms with Crippen molar-refractivity contribution >= 4 is 0 Å². The number of hydrogen-bond donors (Lipinski definition) is 1. The maximum absolute atomic E-state index is 13.8. The van der Waals surface area contributed by atoms with E-state index in [1.807, 2.05) is 0 Å². The molecule has 0 aliphatic carbocycles. The number of nitrogens with two attached hydrogens (primary N) is 1. The van der Waals surface area contributed by atoms with Gasteiger partial charge in [-0.05, 0) is 26.0 Å². The summed E-state index contributed by atoms with van der Waals surface area (Å²) < 4.78 is 41.3. The van der Waals surface area contributed by atoms with Crippen LogP contribution < -0.4 is 11.2 Å². The smallest absolute Gasteiger partial charge is 0.196 e. The molecule has 0 fully saturated rings. The van der Waals surface area contributed by atoms with Crippen LogP contribution in [0.4, 0.5) is 13.2 Å². The molecule has 2 aromatic rings. The molecule has 0 bridgehead atoms. The van der Waals surface area contributed by atoms with Gasteiger partial charge in [-0.3, -0.25) is 4.79 Å². The van der Waals surface area contributed by atoms with Crippen LogP contribution in [0.25, 0.3) is 5.69 Å². The molecule has 1 heterocycles. The molecule has 0 radical (unpaired) electrons. The van der Waals surface area contributed by atoms with Gasteiger partial charge in [-0.25, -0.2) is 13.2 Å². The van der Waals surface area contributed by atoms with Gasteiger partial charge in [-0.15, -0.1) is 0 Å². The van der Waals surface area contributed by atoms with Crippen LogP contribution in [0.1, 0.15) is 24.2 Å². The molecule has 0 amide bonds. The summed E-state index contributed by atoms with van der Waals surface area (Å²) >= 11 is 0. The van der Waals surface area contributed by atoms with Crippen molar-refractivity contribution in [1.29, 1.82) is 0 Å². The van der Waals surface area contributed by atoms with Crippen LogP contribution in [0.3, 0.4) is 0 Å². The first-order valence-electron chi connectivity index (χ1n) is 5.95. The highest BCUT2D eigenvalue weighted by atomic mass is 19.2. The Morgan fingerprint density at radius 2 is 1.85 bits per heavy atom. The van der Waals surface area contributed by atoms with Gasteiger partial charge in [-0.2, -0.15) is 0 Å². The average Bonchev–Trinajstić information content (AvgIpc) is 2.37. The molecule has 3 nitrogen and oxygen atoms in total. The van der Waals surface area contributed by atoms with Crippen molar-refractivity contribution in [2.45, 2.75) is 19.9 Å². The van der Waals surface area contributed by atoms with E-state index in [4.69, 9.17) is 5.73 Å². The lowest BCUT2D eigenvalue weighted by Gasteiger charge is -2.15. The summed E-state index contributed by atoms with van der Waals surface area (Å²) in [6.45, 7) is 3.17. The molecule has 0 spiro atoms. The quantitative estimate of drug-likeness (QED) is 0.861. The average molecular weight is 282 g/mol. The van der Waals surface area contributed by atoms with Crippen LogP contribution in [0.5, 0.6) is 0 Å². The van der Waals surface area contributed by atoms with Crippen LogP contribution in [-0.4, -0.2) is 4.57 Å². The second-order valence-electron chi connectivity index (χ2n) is 4.59. The summed E-state index contributed by atoms with van der Waals surface area (Å²) in [6, 6.07) is 2.66. The van der Waals surface area contributed by atoms with Crippen LogP contribution in [-0.2, 0) is 0 Å². The predicted molar refractivity (Wildman–Crippen MR) is 69.3 cm³/mol. The maximum Gasteiger partial charge on any atom is 0.196 e. The fourth-order valence-electron chi connectivity index (χ4n) is 1.95. The van der Waals surface area contributed by atoms with Gasteiger partial charge in [0.15, 0.2) is 22.9 Å². The summed E-state index contributed by atoms with van der Waals surface area (Å²) in [5, 5.41) is 0. The molecule has 0 aliphatic rings. The van der Waals surface area contributed by atoms with E-state index < -0.39 is 23.5 Å². The van der Waals surface area contributed by atoms with E-state index >= 15 is 0 Å². The summed E-state index contributed by atoms with van der Waals surface area (Å²) in [5.41, 5.74) is 5.86. The molecule has 0 saturated heterocycles. The number of pyridine rings is 1. The maximum atomic E-state index is 13.8. The van der Waals surface area contributed by atoms with Crippen molar-refractivity contribution in [3.63, 3.8) is 0 Å². The van der Waals surface area contributed by atoms with Gasteiger partial charge in [0.2, 0.25) is 0 Å². The van der Waals surface area contributed by atoms with Crippen molar-refractivity contribution < 1.29 is 13.2 Å². The molecule has 1 atom stereocenters. The van der Waals surface area contributed by atoms with Gasteiger partial charge in [0.1, 0.15) is 0 Å². The third-order valence-corrected chi connectivity index (χ3v) is 3.04. The Hall–Kier alpha value is -2.08. The zero-order valence-corrected chi connectivity index (χ0v) is 11.0. The molecule has 6 heteroatoms. The number of nitrogens with zero attached hydrogens (tertiary/aromatic N) is 1. The minimum absolute atomic E-state index is 0.177. The van der Waals surface area contributed by atoms with Gasteiger partial charge < -0.3 is 10.3 Å². The van der Waals surface area contributed by atoms with E-state index in [1.165, 1.54) is 16.8 Å². The van der Waals surface area contributed by atoms with E-state index in [9.17, 15) is 18.0 Å². The van der Waals surface area contributed by atoms with Crippen molar-refractivity contribution in [2.75, 3.05) is 0 Å². The summed E-state index contributed by atoms with van der Waals surface area (Å²) in [5.74, 6) is -4.13. The van der Waals surface area contributed by atoms with Crippen molar-refractivity contribution in [3.05, 3.63) is 63.3 Å². The third-order valence-electron chi connectivity index (χ3n) is 3.04. The van der Waals surface area contributed by atoms with E-state index in [-0.39, 0.29) is 16.7 Å². The number of hydrogen-bond acceptors (Lipinski definition) is 2. The number of rotatable bonds is 2. The molecule has 0 aliphatic heterocycles. The van der Waals surface area contributed by atoms with Crippen LogP contribution in [0.15, 0.2) is 29.2 Å². The Kier molecular flexibility index (Phi) is 3.67. The first-order chi connectivity index (χ1) is 9.32. The van der Waals surface area contributed by atoms with E-state index in [0.29, 0.717) is 5.69 Å². The van der Waals surface area contributed by atoms with Crippen LogP contribution in [0, 0.1) is 24.4 Å². The summed E-state index contributed by atoms with van der Waals surface area (Å²) in [4.78, 5) is 11.7.